The Balaban J connectivity index is 0.00000385. The van der Waals surface area contributed by atoms with Gasteiger partial charge in [-0.15, -0.1) is 24.0 Å². The molecular formula is C25H34IN5O2. The molecule has 0 aliphatic rings. The minimum Gasteiger partial charge on any atom is -0.490 e. The number of imidazole rings is 1. The fourth-order valence-electron chi connectivity index (χ4n) is 3.41. The van der Waals surface area contributed by atoms with Crippen molar-refractivity contribution in [3.05, 3.63) is 77.9 Å². The summed E-state index contributed by atoms with van der Waals surface area (Å²) in [5.41, 5.74) is 3.64. The molecule has 0 amide bonds. The number of aromatic nitrogens is 2. The summed E-state index contributed by atoms with van der Waals surface area (Å²) in [4.78, 5) is 8.44. The topological polar surface area (TPSA) is 72.7 Å². The first-order valence-corrected chi connectivity index (χ1v) is 11.1. The van der Waals surface area contributed by atoms with E-state index in [0.717, 1.165) is 37.0 Å². The van der Waals surface area contributed by atoms with E-state index in [4.69, 9.17) is 9.47 Å². The Morgan fingerprint density at radius 2 is 1.76 bits per heavy atom. The van der Waals surface area contributed by atoms with Gasteiger partial charge in [-0.2, -0.15) is 0 Å². The highest BCUT2D eigenvalue weighted by Crippen LogP contribution is 2.28. The van der Waals surface area contributed by atoms with Gasteiger partial charge in [0.1, 0.15) is 0 Å². The summed E-state index contributed by atoms with van der Waals surface area (Å²) >= 11 is 0. The minimum absolute atomic E-state index is 0. The zero-order chi connectivity index (χ0) is 22.6. The lowest BCUT2D eigenvalue weighted by Gasteiger charge is -2.14. The van der Waals surface area contributed by atoms with E-state index in [1.807, 2.05) is 32.4 Å². The molecule has 0 bridgehead atoms. The van der Waals surface area contributed by atoms with Gasteiger partial charge in [0.25, 0.3) is 0 Å². The quantitative estimate of drug-likeness (QED) is 0.207. The molecule has 1 heterocycles. The van der Waals surface area contributed by atoms with Crippen molar-refractivity contribution in [2.24, 2.45) is 4.99 Å². The number of ether oxygens (including phenoxy) is 2. The summed E-state index contributed by atoms with van der Waals surface area (Å²) in [6.45, 7) is 7.47. The predicted octanol–water partition coefficient (Wildman–Crippen LogP) is 4.25. The van der Waals surface area contributed by atoms with Gasteiger partial charge in [-0.05, 0) is 49.1 Å². The molecule has 0 radical (unpaired) electrons. The van der Waals surface area contributed by atoms with E-state index in [9.17, 15) is 0 Å². The Bertz CT molecular complexity index is 992. The molecule has 33 heavy (non-hydrogen) atoms. The fourth-order valence-corrected chi connectivity index (χ4v) is 3.41. The summed E-state index contributed by atoms with van der Waals surface area (Å²) in [6.07, 6.45) is 6.45. The number of guanidine groups is 1. The summed E-state index contributed by atoms with van der Waals surface area (Å²) in [5, 5.41) is 6.78. The zero-order valence-corrected chi connectivity index (χ0v) is 21.9. The van der Waals surface area contributed by atoms with Crippen LogP contribution in [0.1, 0.15) is 30.5 Å². The molecule has 0 unspecified atom stereocenters. The number of nitrogens with zero attached hydrogens (tertiary/aromatic N) is 3. The molecule has 0 atom stereocenters. The second-order valence-electron chi connectivity index (χ2n) is 7.30. The van der Waals surface area contributed by atoms with Gasteiger partial charge in [-0.25, -0.2) is 4.98 Å². The highest BCUT2D eigenvalue weighted by atomic mass is 127. The highest BCUT2D eigenvalue weighted by Gasteiger charge is 2.07. The summed E-state index contributed by atoms with van der Waals surface area (Å²) in [7, 11) is 1.79. The van der Waals surface area contributed by atoms with Crippen molar-refractivity contribution in [1.29, 1.82) is 0 Å². The van der Waals surface area contributed by atoms with Gasteiger partial charge in [-0.1, -0.05) is 30.3 Å². The standard InChI is InChI=1S/C25H33N5O2.HI/c1-4-31-23-10-9-20(16-24(23)32-5-2)11-12-28-25(26-3)29-17-21-7-6-8-22(15-21)18-30-14-13-27-19-30;/h6-10,13-16,19H,4-5,11-12,17-18H2,1-3H3,(H2,26,28,29);1H. The molecule has 0 saturated heterocycles. The van der Waals surface area contributed by atoms with Crippen molar-refractivity contribution in [2.45, 2.75) is 33.4 Å². The van der Waals surface area contributed by atoms with E-state index in [2.05, 4.69) is 61.6 Å². The van der Waals surface area contributed by atoms with Crippen molar-refractivity contribution in [1.82, 2.24) is 20.2 Å². The molecule has 0 aliphatic carbocycles. The Morgan fingerprint density at radius 3 is 2.48 bits per heavy atom. The first kappa shape index (κ1) is 26.5. The van der Waals surface area contributed by atoms with Crippen molar-refractivity contribution >= 4 is 29.9 Å². The smallest absolute Gasteiger partial charge is 0.191 e. The molecule has 0 aliphatic heterocycles. The third-order valence-corrected chi connectivity index (χ3v) is 4.91. The van der Waals surface area contributed by atoms with Crippen molar-refractivity contribution < 1.29 is 9.47 Å². The van der Waals surface area contributed by atoms with Crippen LogP contribution in [-0.2, 0) is 19.5 Å². The molecule has 2 aromatic carbocycles. The van der Waals surface area contributed by atoms with Crippen molar-refractivity contribution in [3.8, 4) is 11.5 Å². The second kappa shape index (κ2) is 14.4. The van der Waals surface area contributed by atoms with Crippen LogP contribution in [-0.4, -0.2) is 42.3 Å². The average molecular weight is 563 g/mol. The summed E-state index contributed by atoms with van der Waals surface area (Å²) < 4.78 is 13.4. The number of aliphatic imine (C=N–C) groups is 1. The Morgan fingerprint density at radius 1 is 0.970 bits per heavy atom. The largest absolute Gasteiger partial charge is 0.490 e. The molecule has 2 N–H and O–H groups in total. The van der Waals surface area contributed by atoms with Gasteiger partial charge < -0.3 is 24.7 Å². The second-order valence-corrected chi connectivity index (χ2v) is 7.30. The summed E-state index contributed by atoms with van der Waals surface area (Å²) in [6, 6.07) is 14.6. The maximum Gasteiger partial charge on any atom is 0.191 e. The Kier molecular flexibility index (Phi) is 11.6. The zero-order valence-electron chi connectivity index (χ0n) is 19.6. The van der Waals surface area contributed by atoms with E-state index >= 15 is 0 Å². The van der Waals surface area contributed by atoms with E-state index in [-0.39, 0.29) is 24.0 Å². The molecule has 0 saturated carbocycles. The third-order valence-electron chi connectivity index (χ3n) is 4.91. The SMILES string of the molecule is CCOc1ccc(CCNC(=NC)NCc2cccc(Cn3ccnc3)c2)cc1OCC.I. The molecule has 7 nitrogen and oxygen atoms in total. The summed E-state index contributed by atoms with van der Waals surface area (Å²) in [5.74, 6) is 2.37. The number of benzene rings is 2. The van der Waals surface area contributed by atoms with Gasteiger partial charge in [0.05, 0.1) is 19.5 Å². The Labute approximate surface area is 213 Å². The molecular weight excluding hydrogens is 529 g/mol. The van der Waals surface area contributed by atoms with Crippen LogP contribution in [0.5, 0.6) is 11.5 Å². The van der Waals surface area contributed by atoms with Crippen LogP contribution in [0, 0.1) is 0 Å². The van der Waals surface area contributed by atoms with E-state index in [1.54, 1.807) is 13.2 Å². The van der Waals surface area contributed by atoms with Gasteiger partial charge in [0.2, 0.25) is 0 Å². The van der Waals surface area contributed by atoms with E-state index in [1.165, 1.54) is 16.7 Å². The van der Waals surface area contributed by atoms with Crippen LogP contribution in [0.25, 0.3) is 0 Å². The van der Waals surface area contributed by atoms with Crippen LogP contribution < -0.4 is 20.1 Å². The lowest BCUT2D eigenvalue weighted by molar-refractivity contribution is 0.287. The Hall–Kier alpha value is -2.75. The minimum atomic E-state index is 0. The molecule has 8 heteroatoms. The number of hydrogen-bond acceptors (Lipinski definition) is 4. The van der Waals surface area contributed by atoms with E-state index in [0.29, 0.717) is 19.8 Å². The van der Waals surface area contributed by atoms with Crippen LogP contribution >= 0.6 is 24.0 Å². The molecule has 178 valence electrons. The first-order chi connectivity index (χ1) is 15.7. The average Bonchev–Trinajstić information content (AvgIpc) is 3.31. The molecule has 0 fully saturated rings. The fraction of sp³-hybridized carbons (Fsp3) is 0.360. The van der Waals surface area contributed by atoms with Crippen LogP contribution in [0.2, 0.25) is 0 Å². The third kappa shape index (κ3) is 8.60. The monoisotopic (exact) mass is 563 g/mol. The maximum atomic E-state index is 5.72. The molecule has 3 aromatic rings. The van der Waals surface area contributed by atoms with Crippen LogP contribution in [0.15, 0.2) is 66.2 Å². The van der Waals surface area contributed by atoms with Gasteiger partial charge >= 0.3 is 0 Å². The first-order valence-electron chi connectivity index (χ1n) is 11.1. The van der Waals surface area contributed by atoms with Crippen molar-refractivity contribution in [3.63, 3.8) is 0 Å². The van der Waals surface area contributed by atoms with Crippen LogP contribution in [0.4, 0.5) is 0 Å². The highest BCUT2D eigenvalue weighted by molar-refractivity contribution is 14.0. The maximum absolute atomic E-state index is 5.72. The predicted molar refractivity (Wildman–Crippen MR) is 144 cm³/mol. The van der Waals surface area contributed by atoms with Gasteiger partial charge in [-0.3, -0.25) is 4.99 Å². The normalized spacial score (nSPS) is 10.9. The van der Waals surface area contributed by atoms with Crippen LogP contribution in [0.3, 0.4) is 0 Å². The number of nitrogens with one attached hydrogen (secondary N) is 2. The van der Waals surface area contributed by atoms with Gasteiger partial charge in [0, 0.05) is 39.1 Å². The lowest BCUT2D eigenvalue weighted by Crippen LogP contribution is -2.37. The molecule has 1 aromatic heterocycles. The lowest BCUT2D eigenvalue weighted by atomic mass is 10.1. The number of hydrogen-bond donors (Lipinski definition) is 2. The number of halogens is 1. The van der Waals surface area contributed by atoms with Crippen molar-refractivity contribution in [2.75, 3.05) is 26.8 Å². The van der Waals surface area contributed by atoms with E-state index < -0.39 is 0 Å². The number of rotatable bonds is 11. The molecule has 0 spiro atoms. The molecule has 3 rings (SSSR count). The van der Waals surface area contributed by atoms with Gasteiger partial charge in [0.15, 0.2) is 17.5 Å².